The second-order valence-electron chi connectivity index (χ2n) is 3.31. The molecular formula is C11H14FNO3. The molecule has 0 saturated heterocycles. The number of benzene rings is 1. The van der Waals surface area contributed by atoms with Gasteiger partial charge in [-0.15, -0.1) is 0 Å². The summed E-state index contributed by atoms with van der Waals surface area (Å²) in [5, 5.41) is 0. The second-order valence-corrected chi connectivity index (χ2v) is 3.31. The first kappa shape index (κ1) is 12.4. The van der Waals surface area contributed by atoms with Crippen LogP contribution < -0.4 is 10.5 Å². The lowest BCUT2D eigenvalue weighted by Crippen LogP contribution is -2.30. The van der Waals surface area contributed by atoms with Crippen molar-refractivity contribution in [2.24, 2.45) is 5.73 Å². The highest BCUT2D eigenvalue weighted by Crippen LogP contribution is 2.12. The third kappa shape index (κ3) is 4.27. The molecule has 1 aromatic carbocycles. The van der Waals surface area contributed by atoms with Gasteiger partial charge < -0.3 is 15.2 Å². The van der Waals surface area contributed by atoms with Gasteiger partial charge in [0.25, 0.3) is 0 Å². The third-order valence-electron chi connectivity index (χ3n) is 1.92. The number of carbonyl (C=O) groups excluding carboxylic acids is 1. The lowest BCUT2D eigenvalue weighted by Gasteiger charge is -2.11. The number of halogens is 1. The van der Waals surface area contributed by atoms with E-state index in [9.17, 15) is 9.18 Å². The Morgan fingerprint density at radius 2 is 2.31 bits per heavy atom. The predicted molar refractivity (Wildman–Crippen MR) is 56.5 cm³/mol. The molecule has 0 aliphatic heterocycles. The van der Waals surface area contributed by atoms with E-state index in [0.29, 0.717) is 5.75 Å². The molecule has 1 unspecified atom stereocenters. The van der Waals surface area contributed by atoms with Crippen molar-refractivity contribution < 1.29 is 18.7 Å². The second kappa shape index (κ2) is 6.07. The van der Waals surface area contributed by atoms with Crippen molar-refractivity contribution in [3.63, 3.8) is 0 Å². The molecule has 1 aromatic rings. The highest BCUT2D eigenvalue weighted by atomic mass is 19.1. The van der Waals surface area contributed by atoms with Gasteiger partial charge in [-0.3, -0.25) is 4.79 Å². The van der Waals surface area contributed by atoms with Crippen LogP contribution in [0.25, 0.3) is 0 Å². The molecule has 0 spiro atoms. The molecule has 0 heterocycles. The summed E-state index contributed by atoms with van der Waals surface area (Å²) in [6.45, 7) is 0.137. The van der Waals surface area contributed by atoms with E-state index in [1.807, 2.05) is 0 Å². The Kier molecular flexibility index (Phi) is 4.72. The molecule has 4 nitrogen and oxygen atoms in total. The predicted octanol–water partition coefficient (Wildman–Crippen LogP) is 1.09. The number of nitrogens with two attached hydrogens (primary N) is 1. The Balaban J connectivity index is 2.37. The van der Waals surface area contributed by atoms with E-state index in [4.69, 9.17) is 10.5 Å². The zero-order chi connectivity index (χ0) is 12.0. The van der Waals surface area contributed by atoms with Gasteiger partial charge >= 0.3 is 5.97 Å². The monoisotopic (exact) mass is 227 g/mol. The minimum Gasteiger partial charge on any atom is -0.492 e. The molecule has 5 heteroatoms. The van der Waals surface area contributed by atoms with Crippen LogP contribution >= 0.6 is 0 Å². The van der Waals surface area contributed by atoms with Crippen LogP contribution in [0.1, 0.15) is 6.42 Å². The fourth-order valence-corrected chi connectivity index (χ4v) is 1.12. The maximum atomic E-state index is 12.8. The zero-order valence-electron chi connectivity index (χ0n) is 8.98. The van der Waals surface area contributed by atoms with Crippen molar-refractivity contribution in [3.05, 3.63) is 30.1 Å². The van der Waals surface area contributed by atoms with Gasteiger partial charge in [0.05, 0.1) is 13.5 Å². The van der Waals surface area contributed by atoms with E-state index >= 15 is 0 Å². The van der Waals surface area contributed by atoms with E-state index < -0.39 is 12.0 Å². The summed E-state index contributed by atoms with van der Waals surface area (Å²) >= 11 is 0. The van der Waals surface area contributed by atoms with E-state index in [-0.39, 0.29) is 18.8 Å². The number of carbonyl (C=O) groups is 1. The first-order chi connectivity index (χ1) is 7.61. The summed E-state index contributed by atoms with van der Waals surface area (Å²) in [7, 11) is 1.29. The molecule has 1 rings (SSSR count). The molecule has 0 amide bonds. The summed E-state index contributed by atoms with van der Waals surface area (Å²) in [4.78, 5) is 10.9. The van der Waals surface area contributed by atoms with Crippen molar-refractivity contribution in [2.75, 3.05) is 13.7 Å². The van der Waals surface area contributed by atoms with Gasteiger partial charge in [0, 0.05) is 12.1 Å². The normalized spacial score (nSPS) is 11.9. The van der Waals surface area contributed by atoms with Crippen LogP contribution in [0.5, 0.6) is 5.75 Å². The third-order valence-corrected chi connectivity index (χ3v) is 1.92. The van der Waals surface area contributed by atoms with Crippen LogP contribution in [-0.4, -0.2) is 25.7 Å². The summed E-state index contributed by atoms with van der Waals surface area (Å²) in [5.41, 5.74) is 5.62. The molecule has 0 aliphatic carbocycles. The van der Waals surface area contributed by atoms with Crippen LogP contribution in [0.3, 0.4) is 0 Å². The Bertz CT molecular complexity index is 357. The quantitative estimate of drug-likeness (QED) is 0.765. The Hall–Kier alpha value is -1.62. The lowest BCUT2D eigenvalue weighted by atomic mass is 10.2. The molecule has 2 N–H and O–H groups in total. The number of esters is 1. The highest BCUT2D eigenvalue weighted by molar-refractivity contribution is 5.69. The van der Waals surface area contributed by atoms with Gasteiger partial charge in [-0.1, -0.05) is 6.07 Å². The van der Waals surface area contributed by atoms with Gasteiger partial charge in [-0.05, 0) is 12.1 Å². The first-order valence-electron chi connectivity index (χ1n) is 4.82. The molecule has 16 heavy (non-hydrogen) atoms. The number of rotatable bonds is 5. The summed E-state index contributed by atoms with van der Waals surface area (Å²) in [6, 6.07) is 5.27. The fraction of sp³-hybridized carbons (Fsp3) is 0.364. The van der Waals surface area contributed by atoms with Gasteiger partial charge in [-0.2, -0.15) is 0 Å². The first-order valence-corrected chi connectivity index (χ1v) is 4.82. The smallest absolute Gasteiger partial charge is 0.307 e. The highest BCUT2D eigenvalue weighted by Gasteiger charge is 2.10. The van der Waals surface area contributed by atoms with E-state index in [1.54, 1.807) is 6.07 Å². The molecule has 0 aliphatic rings. The zero-order valence-corrected chi connectivity index (χ0v) is 8.98. The van der Waals surface area contributed by atoms with Gasteiger partial charge in [0.15, 0.2) is 0 Å². The lowest BCUT2D eigenvalue weighted by molar-refractivity contribution is -0.141. The minimum atomic E-state index is -0.462. The minimum absolute atomic E-state index is 0.0752. The van der Waals surface area contributed by atoms with Crippen molar-refractivity contribution in [1.82, 2.24) is 0 Å². The Morgan fingerprint density at radius 3 is 2.94 bits per heavy atom. The van der Waals surface area contributed by atoms with Crippen LogP contribution in [0.4, 0.5) is 4.39 Å². The summed E-state index contributed by atoms with van der Waals surface area (Å²) < 4.78 is 22.4. The van der Waals surface area contributed by atoms with Gasteiger partial charge in [0.2, 0.25) is 0 Å². The summed E-state index contributed by atoms with van der Waals surface area (Å²) in [5.74, 6) is -0.380. The Morgan fingerprint density at radius 1 is 1.56 bits per heavy atom. The molecule has 0 fully saturated rings. The van der Waals surface area contributed by atoms with Gasteiger partial charge in [0.1, 0.15) is 18.2 Å². The average Bonchev–Trinajstić information content (AvgIpc) is 2.26. The van der Waals surface area contributed by atoms with Gasteiger partial charge in [-0.25, -0.2) is 4.39 Å². The van der Waals surface area contributed by atoms with Crippen LogP contribution in [0.2, 0.25) is 0 Å². The topological polar surface area (TPSA) is 61.5 Å². The number of ether oxygens (including phenoxy) is 2. The van der Waals surface area contributed by atoms with Crippen molar-refractivity contribution >= 4 is 5.97 Å². The fourth-order valence-electron chi connectivity index (χ4n) is 1.12. The van der Waals surface area contributed by atoms with E-state index in [1.165, 1.54) is 25.3 Å². The number of hydrogen-bond donors (Lipinski definition) is 1. The SMILES string of the molecule is COC(=O)CC(N)COc1cccc(F)c1. The van der Waals surface area contributed by atoms with Crippen LogP contribution in [0, 0.1) is 5.82 Å². The maximum Gasteiger partial charge on any atom is 0.307 e. The van der Waals surface area contributed by atoms with E-state index in [0.717, 1.165) is 0 Å². The van der Waals surface area contributed by atoms with Crippen molar-refractivity contribution in [2.45, 2.75) is 12.5 Å². The molecule has 1 atom stereocenters. The number of hydrogen-bond acceptors (Lipinski definition) is 4. The molecule has 0 radical (unpaired) electrons. The molecule has 0 saturated carbocycles. The number of methoxy groups -OCH3 is 1. The maximum absolute atomic E-state index is 12.8. The molecule has 88 valence electrons. The largest absolute Gasteiger partial charge is 0.492 e. The standard InChI is InChI=1S/C11H14FNO3/c1-15-11(14)6-9(13)7-16-10-4-2-3-8(12)5-10/h2-5,9H,6-7,13H2,1H3. The summed E-state index contributed by atoms with van der Waals surface area (Å²) in [6.07, 6.45) is 0.0752. The van der Waals surface area contributed by atoms with E-state index in [2.05, 4.69) is 4.74 Å². The van der Waals surface area contributed by atoms with Crippen LogP contribution in [0.15, 0.2) is 24.3 Å². The Labute approximate surface area is 93.2 Å². The molecule has 0 aromatic heterocycles. The van der Waals surface area contributed by atoms with Crippen LogP contribution in [-0.2, 0) is 9.53 Å². The molecule has 0 bridgehead atoms. The van der Waals surface area contributed by atoms with Crippen molar-refractivity contribution in [3.8, 4) is 5.75 Å². The van der Waals surface area contributed by atoms with Crippen molar-refractivity contribution in [1.29, 1.82) is 0 Å². The average molecular weight is 227 g/mol. The molecular weight excluding hydrogens is 213 g/mol.